The van der Waals surface area contributed by atoms with E-state index >= 15 is 0 Å². The molecule has 4 aliphatic heterocycles. The van der Waals surface area contributed by atoms with Crippen molar-refractivity contribution in [2.24, 2.45) is 5.92 Å². The van der Waals surface area contributed by atoms with Gasteiger partial charge in [0.25, 0.3) is 5.91 Å². The maximum Gasteiger partial charge on any atom is 0.335 e. The van der Waals surface area contributed by atoms with Crippen LogP contribution in [0.3, 0.4) is 0 Å². The second-order valence-electron chi connectivity index (χ2n) is 16.9. The molecule has 3 saturated heterocycles. The van der Waals surface area contributed by atoms with E-state index in [9.17, 15) is 24.3 Å². The molecule has 2 N–H and O–H groups in total. The fourth-order valence-corrected chi connectivity index (χ4v) is 10.2. The summed E-state index contributed by atoms with van der Waals surface area (Å²) in [6.45, 7) is 7.52. The van der Waals surface area contributed by atoms with Crippen molar-refractivity contribution in [3.63, 3.8) is 0 Å². The number of fused-ring (bicyclic) bond motifs is 2. The van der Waals surface area contributed by atoms with E-state index in [1.807, 2.05) is 18.2 Å². The van der Waals surface area contributed by atoms with Crippen LogP contribution in [0.5, 0.6) is 0 Å². The maximum atomic E-state index is 13.2. The molecule has 6 aliphatic rings. The first-order valence-corrected chi connectivity index (χ1v) is 21.2. The van der Waals surface area contributed by atoms with E-state index in [4.69, 9.17) is 0 Å². The number of allylic oxidation sites excluding steroid dienone is 3. The molecule has 0 unspecified atom stereocenters. The Bertz CT molecular complexity index is 2140. The third kappa shape index (κ3) is 7.64. The molecule has 10 heteroatoms. The molecule has 0 aromatic heterocycles. The zero-order chi connectivity index (χ0) is 39.0. The number of carbonyl (C=O) groups is 4. The molecule has 57 heavy (non-hydrogen) atoms. The molecule has 0 spiro atoms. The lowest BCUT2D eigenvalue weighted by Crippen LogP contribution is -2.52. The molecule has 9 rings (SSSR count). The second kappa shape index (κ2) is 16.0. The Balaban J connectivity index is 0.802. The van der Waals surface area contributed by atoms with Crippen LogP contribution >= 0.6 is 0 Å². The highest BCUT2D eigenvalue weighted by atomic mass is 16.4. The number of benzene rings is 3. The first kappa shape index (κ1) is 37.4. The first-order valence-electron chi connectivity index (χ1n) is 21.2. The molecule has 10 nitrogen and oxygen atoms in total. The highest BCUT2D eigenvalue weighted by molar-refractivity contribution is 6.05. The minimum atomic E-state index is -0.867. The van der Waals surface area contributed by atoms with Crippen molar-refractivity contribution in [3.8, 4) is 0 Å². The van der Waals surface area contributed by atoms with Crippen LogP contribution in [0.2, 0.25) is 0 Å². The molecule has 1 atom stereocenters. The zero-order valence-electron chi connectivity index (χ0n) is 32.8. The molecule has 0 bridgehead atoms. The number of hydrogen-bond donors (Lipinski definition) is 2. The van der Waals surface area contributed by atoms with Gasteiger partial charge in [0.1, 0.15) is 6.04 Å². The third-order valence-corrected chi connectivity index (χ3v) is 13.4. The van der Waals surface area contributed by atoms with E-state index < -0.39 is 12.0 Å². The standard InChI is InChI=1S/C47H53N5O5/c53-43-18-17-42(45(54)48-43)52-30-36-28-38(14-16-41(36)46(52)55)51-25-23-49(24-26-51)29-31-19-21-50(22-20-31)37-12-9-33(10-13-37)44-39(32-5-2-1-3-6-32)8-4-7-34-27-35(47(56)57)11-15-40(34)44/h5,9-16,27-28,31,42H,1-4,6-8,17-26,29-30H2,(H,56,57)(H,48,53,54)/t42-/m0/s1. The van der Waals surface area contributed by atoms with Crippen molar-refractivity contribution in [1.29, 1.82) is 0 Å². The van der Waals surface area contributed by atoms with Crippen LogP contribution in [-0.2, 0) is 22.6 Å². The highest BCUT2D eigenvalue weighted by Gasteiger charge is 2.39. The zero-order valence-corrected chi connectivity index (χ0v) is 32.8. The van der Waals surface area contributed by atoms with E-state index in [0.29, 0.717) is 30.0 Å². The summed E-state index contributed by atoms with van der Waals surface area (Å²) in [6, 6.07) is 20.4. The summed E-state index contributed by atoms with van der Waals surface area (Å²) in [5.74, 6) is -0.967. The summed E-state index contributed by atoms with van der Waals surface area (Å²) in [5, 5.41) is 12.1. The van der Waals surface area contributed by atoms with Gasteiger partial charge in [0.15, 0.2) is 0 Å². The minimum absolute atomic E-state index is 0.127. The Hall–Kier alpha value is -5.22. The van der Waals surface area contributed by atoms with Crippen LogP contribution in [0, 0.1) is 5.92 Å². The molecule has 2 aliphatic carbocycles. The fourth-order valence-electron chi connectivity index (χ4n) is 10.2. The number of nitrogens with zero attached hydrogens (tertiary/aromatic N) is 4. The highest BCUT2D eigenvalue weighted by Crippen LogP contribution is 2.41. The Morgan fingerprint density at radius 2 is 1.47 bits per heavy atom. The summed E-state index contributed by atoms with van der Waals surface area (Å²) in [7, 11) is 0. The average Bonchev–Trinajstić information content (AvgIpc) is 3.43. The molecule has 0 radical (unpaired) electrons. The van der Waals surface area contributed by atoms with Crippen LogP contribution in [-0.4, -0.2) is 90.5 Å². The number of imide groups is 1. The Labute approximate surface area is 335 Å². The Morgan fingerprint density at radius 1 is 0.719 bits per heavy atom. The van der Waals surface area contributed by atoms with Crippen molar-refractivity contribution in [2.75, 3.05) is 55.6 Å². The van der Waals surface area contributed by atoms with Crippen LogP contribution in [0.4, 0.5) is 11.4 Å². The molecule has 3 aromatic rings. The first-order chi connectivity index (χ1) is 27.8. The van der Waals surface area contributed by atoms with Gasteiger partial charge in [-0.3, -0.25) is 24.6 Å². The van der Waals surface area contributed by atoms with Gasteiger partial charge >= 0.3 is 5.97 Å². The minimum Gasteiger partial charge on any atom is -0.478 e. The maximum absolute atomic E-state index is 13.2. The number of piperazine rings is 1. The Kier molecular flexibility index (Phi) is 10.5. The summed E-state index contributed by atoms with van der Waals surface area (Å²) < 4.78 is 0. The normalized spacial score (nSPS) is 22.2. The van der Waals surface area contributed by atoms with Crippen molar-refractivity contribution in [1.82, 2.24) is 15.1 Å². The van der Waals surface area contributed by atoms with Crippen LogP contribution in [0.25, 0.3) is 5.57 Å². The number of aromatic carboxylic acids is 1. The number of piperidine rings is 2. The quantitative estimate of drug-likeness (QED) is 0.240. The molecule has 3 aromatic carbocycles. The topological polar surface area (TPSA) is 114 Å². The van der Waals surface area contributed by atoms with Gasteiger partial charge in [0.05, 0.1) is 5.56 Å². The molecule has 0 saturated carbocycles. The summed E-state index contributed by atoms with van der Waals surface area (Å²) in [5.41, 5.74) is 12.2. The lowest BCUT2D eigenvalue weighted by molar-refractivity contribution is -0.136. The summed E-state index contributed by atoms with van der Waals surface area (Å²) in [4.78, 5) is 58.3. The van der Waals surface area contributed by atoms with Crippen molar-refractivity contribution in [3.05, 3.63) is 111 Å². The molecule has 4 heterocycles. The molecule has 3 amide bonds. The lowest BCUT2D eigenvalue weighted by Gasteiger charge is -2.40. The number of carboxylic acids is 1. The van der Waals surface area contributed by atoms with Gasteiger partial charge in [-0.2, -0.15) is 0 Å². The van der Waals surface area contributed by atoms with Gasteiger partial charge in [-0.15, -0.1) is 0 Å². The number of carboxylic acid groups (broad SMARTS) is 1. The van der Waals surface area contributed by atoms with Crippen LogP contribution in [0.1, 0.15) is 107 Å². The van der Waals surface area contributed by atoms with E-state index in [1.54, 1.807) is 11.0 Å². The Morgan fingerprint density at radius 3 is 2.21 bits per heavy atom. The van der Waals surface area contributed by atoms with Gasteiger partial charge in [0.2, 0.25) is 11.8 Å². The monoisotopic (exact) mass is 767 g/mol. The number of carbonyl (C=O) groups excluding carboxylic acids is 3. The second-order valence-corrected chi connectivity index (χ2v) is 16.9. The number of rotatable bonds is 8. The third-order valence-electron chi connectivity index (χ3n) is 13.4. The largest absolute Gasteiger partial charge is 0.478 e. The number of anilines is 2. The van der Waals surface area contributed by atoms with Crippen LogP contribution in [0.15, 0.2) is 77.9 Å². The van der Waals surface area contributed by atoms with E-state index in [1.165, 1.54) is 59.2 Å². The SMILES string of the molecule is O=C1CC[C@H](N2Cc3cc(N4CCN(CC5CCN(c6ccc(C7=C(C8=CCCCC8)CCCc8cc(C(=O)O)ccc87)cc6)CC5)CC4)ccc3C2=O)C(=O)N1. The lowest BCUT2D eigenvalue weighted by atomic mass is 9.84. The van der Waals surface area contributed by atoms with Crippen molar-refractivity contribution >= 4 is 40.6 Å². The fraction of sp³-hybridized carbons (Fsp3) is 0.447. The summed E-state index contributed by atoms with van der Waals surface area (Å²) >= 11 is 0. The predicted octanol–water partition coefficient (Wildman–Crippen LogP) is 6.82. The predicted molar refractivity (Wildman–Crippen MR) is 221 cm³/mol. The molecule has 296 valence electrons. The van der Waals surface area contributed by atoms with Gasteiger partial charge in [-0.25, -0.2) is 4.79 Å². The molecular formula is C47H53N5O5. The number of aryl methyl sites for hydroxylation is 1. The number of nitrogens with one attached hydrogen (secondary N) is 1. The molecule has 3 fully saturated rings. The number of amides is 3. The number of hydrogen-bond acceptors (Lipinski definition) is 7. The van der Waals surface area contributed by atoms with Gasteiger partial charge < -0.3 is 19.8 Å². The van der Waals surface area contributed by atoms with E-state index in [-0.39, 0.29) is 24.1 Å². The van der Waals surface area contributed by atoms with Gasteiger partial charge in [0, 0.05) is 75.7 Å². The van der Waals surface area contributed by atoms with E-state index in [2.05, 4.69) is 62.5 Å². The van der Waals surface area contributed by atoms with E-state index in [0.717, 1.165) is 94.7 Å². The van der Waals surface area contributed by atoms with Crippen molar-refractivity contribution in [2.45, 2.75) is 83.2 Å². The van der Waals surface area contributed by atoms with Crippen LogP contribution < -0.4 is 15.1 Å². The van der Waals surface area contributed by atoms with Crippen molar-refractivity contribution < 1.29 is 24.3 Å². The van der Waals surface area contributed by atoms with Gasteiger partial charge in [-0.05, 0) is 152 Å². The smallest absolute Gasteiger partial charge is 0.335 e. The average molecular weight is 768 g/mol. The summed E-state index contributed by atoms with van der Waals surface area (Å²) in [6.07, 6.45) is 13.1. The molecular weight excluding hydrogens is 715 g/mol. The van der Waals surface area contributed by atoms with Gasteiger partial charge in [-0.1, -0.05) is 24.3 Å².